The number of hydrogen-bond acceptors (Lipinski definition) is 5. The van der Waals surface area contributed by atoms with Crippen molar-refractivity contribution in [3.8, 4) is 5.75 Å². The van der Waals surface area contributed by atoms with Crippen molar-refractivity contribution in [3.63, 3.8) is 0 Å². The standard InChI is InChI=1S/C11H12N2O4S/c12-10-5-9(1-2-11(10)14)18(15,16)13-6-8-3-4-17-7-8/h1-5,7,13-14H,6,12H2. The first-order valence-electron chi connectivity index (χ1n) is 5.08. The predicted molar refractivity (Wildman–Crippen MR) is 65.3 cm³/mol. The molecule has 6 nitrogen and oxygen atoms in total. The van der Waals surface area contributed by atoms with E-state index in [2.05, 4.69) is 4.72 Å². The first kappa shape index (κ1) is 12.5. The van der Waals surface area contributed by atoms with Crippen LogP contribution in [0, 0.1) is 0 Å². The molecule has 0 saturated heterocycles. The SMILES string of the molecule is Nc1cc(S(=O)(=O)NCc2ccoc2)ccc1O. The lowest BCUT2D eigenvalue weighted by atomic mass is 10.3. The summed E-state index contributed by atoms with van der Waals surface area (Å²) in [7, 11) is -3.66. The van der Waals surface area contributed by atoms with Crippen LogP contribution in [0.2, 0.25) is 0 Å². The number of aromatic hydroxyl groups is 1. The highest BCUT2D eigenvalue weighted by molar-refractivity contribution is 7.89. The van der Waals surface area contributed by atoms with Crippen LogP contribution in [0.1, 0.15) is 5.56 Å². The van der Waals surface area contributed by atoms with Crippen LogP contribution in [0.25, 0.3) is 0 Å². The lowest BCUT2D eigenvalue weighted by molar-refractivity contribution is 0.477. The van der Waals surface area contributed by atoms with Crippen molar-refractivity contribution in [2.24, 2.45) is 0 Å². The summed E-state index contributed by atoms with van der Waals surface area (Å²) < 4.78 is 31.1. The van der Waals surface area contributed by atoms with E-state index in [1.54, 1.807) is 6.07 Å². The molecule has 1 aromatic carbocycles. The number of phenolic OH excluding ortho intramolecular Hbond substituents is 1. The summed E-state index contributed by atoms with van der Waals surface area (Å²) in [5.41, 5.74) is 6.18. The monoisotopic (exact) mass is 268 g/mol. The highest BCUT2D eigenvalue weighted by Gasteiger charge is 2.15. The van der Waals surface area contributed by atoms with Gasteiger partial charge in [0.25, 0.3) is 0 Å². The minimum absolute atomic E-state index is 0.00120. The molecular formula is C11H12N2O4S. The second kappa shape index (κ2) is 4.71. The van der Waals surface area contributed by atoms with Gasteiger partial charge in [0.1, 0.15) is 5.75 Å². The molecular weight excluding hydrogens is 256 g/mol. The van der Waals surface area contributed by atoms with Crippen LogP contribution in [0.3, 0.4) is 0 Å². The number of furan rings is 1. The molecule has 4 N–H and O–H groups in total. The van der Waals surface area contributed by atoms with Crippen LogP contribution in [0.15, 0.2) is 46.1 Å². The number of rotatable bonds is 4. The summed E-state index contributed by atoms with van der Waals surface area (Å²) in [4.78, 5) is 0.00120. The Morgan fingerprint density at radius 3 is 2.72 bits per heavy atom. The van der Waals surface area contributed by atoms with Crippen LogP contribution in [0.5, 0.6) is 5.75 Å². The van der Waals surface area contributed by atoms with E-state index in [4.69, 9.17) is 10.2 Å². The van der Waals surface area contributed by atoms with Gasteiger partial charge in [-0.05, 0) is 24.3 Å². The average Bonchev–Trinajstić information content (AvgIpc) is 2.83. The van der Waals surface area contributed by atoms with Crippen LogP contribution in [0.4, 0.5) is 5.69 Å². The van der Waals surface area contributed by atoms with E-state index in [9.17, 15) is 13.5 Å². The number of hydrogen-bond donors (Lipinski definition) is 3. The van der Waals surface area contributed by atoms with E-state index in [1.807, 2.05) is 0 Å². The van der Waals surface area contributed by atoms with Crippen LogP contribution in [-0.4, -0.2) is 13.5 Å². The molecule has 0 aliphatic rings. The Kier molecular flexibility index (Phi) is 3.26. The zero-order valence-corrected chi connectivity index (χ0v) is 10.1. The number of nitrogens with one attached hydrogen (secondary N) is 1. The lowest BCUT2D eigenvalue weighted by Gasteiger charge is -2.07. The predicted octanol–water partition coefficient (Wildman–Crippen LogP) is 1.05. The number of anilines is 1. The van der Waals surface area contributed by atoms with Gasteiger partial charge in [0.15, 0.2) is 0 Å². The molecule has 0 fully saturated rings. The minimum Gasteiger partial charge on any atom is -0.506 e. The Bertz CT molecular complexity index is 635. The fourth-order valence-corrected chi connectivity index (χ4v) is 2.41. The lowest BCUT2D eigenvalue weighted by Crippen LogP contribution is -2.23. The molecule has 0 aliphatic heterocycles. The second-order valence-corrected chi connectivity index (χ2v) is 5.44. The zero-order valence-electron chi connectivity index (χ0n) is 9.33. The fourth-order valence-electron chi connectivity index (χ4n) is 1.35. The first-order valence-corrected chi connectivity index (χ1v) is 6.56. The summed E-state index contributed by atoms with van der Waals surface area (Å²) in [5, 5.41) is 9.24. The molecule has 0 spiro atoms. The Labute approximate surface area is 104 Å². The van der Waals surface area contributed by atoms with Crippen molar-refractivity contribution in [3.05, 3.63) is 42.4 Å². The second-order valence-electron chi connectivity index (χ2n) is 3.68. The van der Waals surface area contributed by atoms with Gasteiger partial charge in [-0.15, -0.1) is 0 Å². The van der Waals surface area contributed by atoms with Gasteiger partial charge in [0.2, 0.25) is 10.0 Å². The molecule has 0 bridgehead atoms. The Balaban J connectivity index is 2.17. The molecule has 0 saturated carbocycles. The maximum absolute atomic E-state index is 11.9. The van der Waals surface area contributed by atoms with E-state index in [0.29, 0.717) is 5.56 Å². The first-order chi connectivity index (χ1) is 8.49. The van der Waals surface area contributed by atoms with Gasteiger partial charge in [-0.1, -0.05) is 0 Å². The van der Waals surface area contributed by atoms with Crippen molar-refractivity contribution in [1.82, 2.24) is 4.72 Å². The summed E-state index contributed by atoms with van der Waals surface area (Å²) in [6.45, 7) is 0.125. The topological polar surface area (TPSA) is 106 Å². The molecule has 96 valence electrons. The zero-order chi connectivity index (χ0) is 13.2. The average molecular weight is 268 g/mol. The molecule has 7 heteroatoms. The third-order valence-electron chi connectivity index (χ3n) is 2.36. The number of benzene rings is 1. The molecule has 0 unspecified atom stereocenters. The van der Waals surface area contributed by atoms with E-state index in [-0.39, 0.29) is 22.9 Å². The molecule has 1 heterocycles. The molecule has 2 aromatic rings. The third-order valence-corrected chi connectivity index (χ3v) is 3.75. The smallest absolute Gasteiger partial charge is 0.240 e. The molecule has 0 radical (unpaired) electrons. The maximum atomic E-state index is 11.9. The van der Waals surface area contributed by atoms with Crippen molar-refractivity contribution >= 4 is 15.7 Å². The summed E-state index contributed by atoms with van der Waals surface area (Å²) in [6, 6.07) is 5.38. The molecule has 2 rings (SSSR count). The van der Waals surface area contributed by atoms with Gasteiger partial charge in [-0.3, -0.25) is 0 Å². The summed E-state index contributed by atoms with van der Waals surface area (Å²) in [5.74, 6) is -0.149. The fraction of sp³-hybridized carbons (Fsp3) is 0.0909. The Morgan fingerprint density at radius 2 is 2.11 bits per heavy atom. The minimum atomic E-state index is -3.66. The van der Waals surface area contributed by atoms with E-state index in [1.165, 1.54) is 30.7 Å². The summed E-state index contributed by atoms with van der Waals surface area (Å²) in [6.07, 6.45) is 2.91. The van der Waals surface area contributed by atoms with Crippen molar-refractivity contribution < 1.29 is 17.9 Å². The van der Waals surface area contributed by atoms with E-state index in [0.717, 1.165) is 0 Å². The number of nitrogens with two attached hydrogens (primary N) is 1. The molecule has 18 heavy (non-hydrogen) atoms. The van der Waals surface area contributed by atoms with Crippen molar-refractivity contribution in [2.75, 3.05) is 5.73 Å². The molecule has 0 atom stereocenters. The molecule has 1 aromatic heterocycles. The summed E-state index contributed by atoms with van der Waals surface area (Å²) >= 11 is 0. The maximum Gasteiger partial charge on any atom is 0.240 e. The van der Waals surface area contributed by atoms with Gasteiger partial charge < -0.3 is 15.3 Å². The van der Waals surface area contributed by atoms with Crippen LogP contribution < -0.4 is 10.5 Å². The number of nitrogen functional groups attached to an aromatic ring is 1. The van der Waals surface area contributed by atoms with Gasteiger partial charge in [0.05, 0.1) is 23.1 Å². The Morgan fingerprint density at radius 1 is 1.33 bits per heavy atom. The van der Waals surface area contributed by atoms with Crippen molar-refractivity contribution in [1.29, 1.82) is 0 Å². The van der Waals surface area contributed by atoms with Gasteiger partial charge in [0, 0.05) is 12.1 Å². The van der Waals surface area contributed by atoms with Crippen LogP contribution in [-0.2, 0) is 16.6 Å². The normalized spacial score (nSPS) is 11.6. The van der Waals surface area contributed by atoms with Gasteiger partial charge in [-0.2, -0.15) is 0 Å². The third kappa shape index (κ3) is 2.63. The van der Waals surface area contributed by atoms with Gasteiger partial charge in [-0.25, -0.2) is 13.1 Å². The molecule has 0 amide bonds. The quantitative estimate of drug-likeness (QED) is 0.567. The highest BCUT2D eigenvalue weighted by Crippen LogP contribution is 2.23. The van der Waals surface area contributed by atoms with Crippen molar-refractivity contribution in [2.45, 2.75) is 11.4 Å². The van der Waals surface area contributed by atoms with E-state index < -0.39 is 10.0 Å². The molecule has 0 aliphatic carbocycles. The Hall–Kier alpha value is -1.99. The van der Waals surface area contributed by atoms with Gasteiger partial charge >= 0.3 is 0 Å². The van der Waals surface area contributed by atoms with Crippen LogP contribution >= 0.6 is 0 Å². The highest BCUT2D eigenvalue weighted by atomic mass is 32.2. The number of sulfonamides is 1. The largest absolute Gasteiger partial charge is 0.506 e. The van der Waals surface area contributed by atoms with E-state index >= 15 is 0 Å². The number of phenols is 1.